The second-order valence-electron chi connectivity index (χ2n) is 2.96. The van der Waals surface area contributed by atoms with Gasteiger partial charge < -0.3 is 10.6 Å². The molecule has 0 atom stereocenters. The lowest BCUT2D eigenvalue weighted by Gasteiger charge is -2.14. The number of aliphatic imine (C=N–C) groups is 1. The molecule has 0 aromatic rings. The summed E-state index contributed by atoms with van der Waals surface area (Å²) in [5.41, 5.74) is 5.32. The first-order valence-corrected chi connectivity index (χ1v) is 4.33. The first-order chi connectivity index (χ1) is 6.24. The maximum Gasteiger partial charge on any atom is 0.239 e. The lowest BCUT2D eigenvalue weighted by Crippen LogP contribution is -2.24. The van der Waals surface area contributed by atoms with Gasteiger partial charge in [-0.15, -0.1) is 10.2 Å². The summed E-state index contributed by atoms with van der Waals surface area (Å²) in [5.74, 6) is 1.00. The highest BCUT2D eigenvalue weighted by Crippen LogP contribution is 2.07. The zero-order valence-electron chi connectivity index (χ0n) is 7.90. The summed E-state index contributed by atoms with van der Waals surface area (Å²) >= 11 is 0. The Hall–Kier alpha value is -1.39. The molecule has 0 bridgehead atoms. The molecule has 0 radical (unpaired) electrons. The molecule has 0 aromatic carbocycles. The molecule has 0 aromatic heterocycles. The molecule has 1 aliphatic heterocycles. The quantitative estimate of drug-likeness (QED) is 0.362. The number of nitrogens with two attached hydrogens (primary N) is 1. The second kappa shape index (κ2) is 4.59. The number of hydrogen-bond acceptors (Lipinski definition) is 2. The number of nitrogens with zero attached hydrogens (tertiary/aromatic N) is 4. The van der Waals surface area contributed by atoms with Crippen LogP contribution in [0.25, 0.3) is 0 Å². The molecule has 5 nitrogen and oxygen atoms in total. The monoisotopic (exact) mass is 181 g/mol. The van der Waals surface area contributed by atoms with Gasteiger partial charge in [-0.3, -0.25) is 0 Å². The van der Waals surface area contributed by atoms with Crippen LogP contribution in [0.2, 0.25) is 0 Å². The van der Waals surface area contributed by atoms with Crippen LogP contribution in [0.5, 0.6) is 0 Å². The van der Waals surface area contributed by atoms with E-state index < -0.39 is 0 Å². The SMILES string of the molecule is C=N/C(N)=N\N=C(/C)N1CCCC1. The van der Waals surface area contributed by atoms with E-state index in [1.54, 1.807) is 0 Å². The fourth-order valence-corrected chi connectivity index (χ4v) is 1.26. The molecular weight excluding hydrogens is 166 g/mol. The van der Waals surface area contributed by atoms with Gasteiger partial charge in [0, 0.05) is 13.1 Å². The minimum atomic E-state index is 0.110. The molecule has 5 heteroatoms. The minimum absolute atomic E-state index is 0.110. The van der Waals surface area contributed by atoms with Gasteiger partial charge in [0.1, 0.15) is 5.84 Å². The Labute approximate surface area is 78.0 Å². The average Bonchev–Trinajstić information content (AvgIpc) is 2.66. The number of rotatable bonds is 1. The summed E-state index contributed by atoms with van der Waals surface area (Å²) in [5, 5.41) is 7.65. The highest BCUT2D eigenvalue weighted by Gasteiger charge is 2.12. The van der Waals surface area contributed by atoms with E-state index in [4.69, 9.17) is 5.73 Å². The second-order valence-corrected chi connectivity index (χ2v) is 2.96. The molecule has 1 aliphatic rings. The van der Waals surface area contributed by atoms with Crippen molar-refractivity contribution in [1.29, 1.82) is 0 Å². The highest BCUT2D eigenvalue weighted by molar-refractivity contribution is 5.84. The van der Waals surface area contributed by atoms with Crippen molar-refractivity contribution < 1.29 is 0 Å². The Kier molecular flexibility index (Phi) is 3.42. The third-order valence-electron chi connectivity index (χ3n) is 2.02. The van der Waals surface area contributed by atoms with Crippen molar-refractivity contribution in [3.63, 3.8) is 0 Å². The lowest BCUT2D eigenvalue weighted by molar-refractivity contribution is 0.514. The van der Waals surface area contributed by atoms with Crippen LogP contribution in [0.15, 0.2) is 15.2 Å². The highest BCUT2D eigenvalue weighted by atomic mass is 15.3. The Morgan fingerprint density at radius 1 is 1.31 bits per heavy atom. The first-order valence-electron chi connectivity index (χ1n) is 4.33. The standard InChI is InChI=1S/C8H15N5/c1-7(11-12-8(9)10-2)13-5-3-4-6-13/h2-6H2,1H3,(H2,9,12)/b11-7+. The fourth-order valence-electron chi connectivity index (χ4n) is 1.26. The van der Waals surface area contributed by atoms with Crippen molar-refractivity contribution in [3.8, 4) is 0 Å². The molecule has 13 heavy (non-hydrogen) atoms. The Bertz CT molecular complexity index is 237. The van der Waals surface area contributed by atoms with E-state index in [9.17, 15) is 0 Å². The third-order valence-corrected chi connectivity index (χ3v) is 2.02. The molecule has 0 saturated carbocycles. The van der Waals surface area contributed by atoms with E-state index in [2.05, 4.69) is 26.8 Å². The van der Waals surface area contributed by atoms with E-state index in [1.165, 1.54) is 12.8 Å². The van der Waals surface area contributed by atoms with Crippen molar-refractivity contribution in [3.05, 3.63) is 0 Å². The van der Waals surface area contributed by atoms with Crippen LogP contribution in [0.1, 0.15) is 19.8 Å². The molecule has 1 fully saturated rings. The minimum Gasteiger partial charge on any atom is -0.367 e. The van der Waals surface area contributed by atoms with Crippen molar-refractivity contribution >= 4 is 18.5 Å². The van der Waals surface area contributed by atoms with E-state index >= 15 is 0 Å². The summed E-state index contributed by atoms with van der Waals surface area (Å²) in [4.78, 5) is 5.62. The van der Waals surface area contributed by atoms with E-state index in [1.807, 2.05) is 6.92 Å². The molecule has 0 unspecified atom stereocenters. The van der Waals surface area contributed by atoms with Crippen LogP contribution in [-0.2, 0) is 0 Å². The molecular formula is C8H15N5. The van der Waals surface area contributed by atoms with Crippen molar-refractivity contribution in [1.82, 2.24) is 4.90 Å². The molecule has 0 amide bonds. The van der Waals surface area contributed by atoms with Gasteiger partial charge >= 0.3 is 0 Å². The van der Waals surface area contributed by atoms with Crippen molar-refractivity contribution in [2.75, 3.05) is 13.1 Å². The van der Waals surface area contributed by atoms with Crippen LogP contribution in [0.3, 0.4) is 0 Å². The molecule has 0 spiro atoms. The number of amidine groups is 1. The summed E-state index contributed by atoms with van der Waals surface area (Å²) in [7, 11) is 0. The van der Waals surface area contributed by atoms with Gasteiger partial charge in [0.15, 0.2) is 0 Å². The van der Waals surface area contributed by atoms with Gasteiger partial charge in [0.25, 0.3) is 0 Å². The van der Waals surface area contributed by atoms with Gasteiger partial charge in [-0.2, -0.15) is 0 Å². The van der Waals surface area contributed by atoms with Gasteiger partial charge in [-0.1, -0.05) is 0 Å². The number of likely N-dealkylation sites (tertiary alicyclic amines) is 1. The summed E-state index contributed by atoms with van der Waals surface area (Å²) in [6.45, 7) is 7.29. The van der Waals surface area contributed by atoms with E-state index in [0.717, 1.165) is 18.9 Å². The Morgan fingerprint density at radius 3 is 2.46 bits per heavy atom. The smallest absolute Gasteiger partial charge is 0.239 e. The van der Waals surface area contributed by atoms with Gasteiger partial charge in [-0.05, 0) is 26.5 Å². The zero-order chi connectivity index (χ0) is 9.68. The predicted molar refractivity (Wildman–Crippen MR) is 55.1 cm³/mol. The van der Waals surface area contributed by atoms with Crippen LogP contribution < -0.4 is 5.73 Å². The average molecular weight is 181 g/mol. The van der Waals surface area contributed by atoms with Gasteiger partial charge in [-0.25, -0.2) is 4.99 Å². The molecule has 1 heterocycles. The summed E-state index contributed by atoms with van der Waals surface area (Å²) in [6.07, 6.45) is 2.46. The van der Waals surface area contributed by atoms with Crippen LogP contribution >= 0.6 is 0 Å². The summed E-state index contributed by atoms with van der Waals surface area (Å²) < 4.78 is 0. The summed E-state index contributed by atoms with van der Waals surface area (Å²) in [6, 6.07) is 0. The van der Waals surface area contributed by atoms with Gasteiger partial charge in [0.05, 0.1) is 0 Å². The molecule has 72 valence electrons. The number of hydrogen-bond donors (Lipinski definition) is 1. The van der Waals surface area contributed by atoms with Crippen molar-refractivity contribution in [2.24, 2.45) is 20.9 Å². The van der Waals surface area contributed by atoms with Crippen LogP contribution in [-0.4, -0.2) is 36.5 Å². The lowest BCUT2D eigenvalue weighted by atomic mass is 10.4. The molecule has 0 aliphatic carbocycles. The molecule has 1 saturated heterocycles. The zero-order valence-corrected chi connectivity index (χ0v) is 7.90. The maximum absolute atomic E-state index is 5.32. The van der Waals surface area contributed by atoms with Crippen LogP contribution in [0, 0.1) is 0 Å². The van der Waals surface area contributed by atoms with Gasteiger partial charge in [0.2, 0.25) is 5.96 Å². The normalized spacial score (nSPS) is 19.3. The molecule has 1 rings (SSSR count). The Balaban J connectivity index is 2.54. The van der Waals surface area contributed by atoms with Crippen molar-refractivity contribution in [2.45, 2.75) is 19.8 Å². The molecule has 2 N–H and O–H groups in total. The maximum atomic E-state index is 5.32. The first kappa shape index (κ1) is 9.70. The topological polar surface area (TPSA) is 66.3 Å². The third kappa shape index (κ3) is 2.85. The Morgan fingerprint density at radius 2 is 1.92 bits per heavy atom. The largest absolute Gasteiger partial charge is 0.367 e. The fraction of sp³-hybridized carbons (Fsp3) is 0.625. The predicted octanol–water partition coefficient (Wildman–Crippen LogP) is 0.431. The van der Waals surface area contributed by atoms with Crippen LogP contribution in [0.4, 0.5) is 0 Å². The van der Waals surface area contributed by atoms with E-state index in [-0.39, 0.29) is 5.96 Å². The van der Waals surface area contributed by atoms with E-state index in [0.29, 0.717) is 0 Å². The number of guanidine groups is 1.